The van der Waals surface area contributed by atoms with Gasteiger partial charge in [-0.05, 0) is 19.1 Å². The van der Waals surface area contributed by atoms with Gasteiger partial charge in [-0.2, -0.15) is 0 Å². The van der Waals surface area contributed by atoms with E-state index in [1.165, 1.54) is 0 Å². The number of anilines is 1. The minimum Gasteiger partial charge on any atom is -0.497 e. The van der Waals surface area contributed by atoms with Crippen molar-refractivity contribution < 1.29 is 14.3 Å². The van der Waals surface area contributed by atoms with Gasteiger partial charge in [0.15, 0.2) is 0 Å². The monoisotopic (exact) mass is 243 g/mol. The number of carbonyl (C=O) groups excluding carboxylic acids is 1. The molecule has 0 aromatic heterocycles. The molecular weight excluding hydrogens is 230 g/mol. The van der Waals surface area contributed by atoms with Crippen LogP contribution in [-0.2, 0) is 9.53 Å². The first kappa shape index (κ1) is 12.6. The maximum atomic E-state index is 11.1. The molecule has 0 fully saturated rings. The summed E-state index contributed by atoms with van der Waals surface area (Å²) in [6, 6.07) is 5.17. The van der Waals surface area contributed by atoms with E-state index in [0.29, 0.717) is 23.1 Å². The van der Waals surface area contributed by atoms with Crippen LogP contribution in [0.3, 0.4) is 0 Å². The summed E-state index contributed by atoms with van der Waals surface area (Å²) >= 11 is 5.94. The normalized spacial score (nSPS) is 9.69. The van der Waals surface area contributed by atoms with Crippen molar-refractivity contribution in [1.82, 2.24) is 0 Å². The number of methoxy groups -OCH3 is 1. The zero-order valence-corrected chi connectivity index (χ0v) is 10.0. The second-order valence-electron chi connectivity index (χ2n) is 3.00. The van der Waals surface area contributed by atoms with Gasteiger partial charge in [0, 0.05) is 6.07 Å². The third-order valence-electron chi connectivity index (χ3n) is 1.90. The van der Waals surface area contributed by atoms with Gasteiger partial charge in [-0.25, -0.2) is 0 Å². The average molecular weight is 244 g/mol. The molecule has 0 aliphatic heterocycles. The van der Waals surface area contributed by atoms with Crippen LogP contribution in [0.2, 0.25) is 5.02 Å². The summed E-state index contributed by atoms with van der Waals surface area (Å²) in [5, 5.41) is 3.42. The fraction of sp³-hybridized carbons (Fsp3) is 0.364. The van der Waals surface area contributed by atoms with Crippen molar-refractivity contribution in [1.29, 1.82) is 0 Å². The molecule has 0 spiro atoms. The van der Waals surface area contributed by atoms with Gasteiger partial charge < -0.3 is 14.8 Å². The Morgan fingerprint density at radius 1 is 1.50 bits per heavy atom. The van der Waals surface area contributed by atoms with Crippen LogP contribution in [0.5, 0.6) is 5.75 Å². The molecule has 0 saturated heterocycles. The van der Waals surface area contributed by atoms with Gasteiger partial charge in [0.1, 0.15) is 12.3 Å². The van der Waals surface area contributed by atoms with Gasteiger partial charge in [-0.3, -0.25) is 4.79 Å². The van der Waals surface area contributed by atoms with E-state index in [1.807, 2.05) is 0 Å². The van der Waals surface area contributed by atoms with Crippen molar-refractivity contribution in [3.05, 3.63) is 23.2 Å². The Bertz CT molecular complexity index is 368. The summed E-state index contributed by atoms with van der Waals surface area (Å²) in [5.74, 6) is 0.358. The maximum Gasteiger partial charge on any atom is 0.325 e. The first-order valence-electron chi connectivity index (χ1n) is 4.90. The van der Waals surface area contributed by atoms with Gasteiger partial charge in [0.2, 0.25) is 0 Å². The minimum atomic E-state index is -0.318. The fourth-order valence-corrected chi connectivity index (χ4v) is 1.33. The van der Waals surface area contributed by atoms with Gasteiger partial charge in [0.25, 0.3) is 0 Å². The molecule has 1 rings (SSSR count). The molecule has 0 atom stereocenters. The van der Waals surface area contributed by atoms with Gasteiger partial charge in [-0.1, -0.05) is 11.6 Å². The van der Waals surface area contributed by atoms with Crippen LogP contribution in [0.25, 0.3) is 0 Å². The highest BCUT2D eigenvalue weighted by Crippen LogP contribution is 2.26. The number of halogens is 1. The third kappa shape index (κ3) is 3.62. The van der Waals surface area contributed by atoms with E-state index in [1.54, 1.807) is 32.2 Å². The van der Waals surface area contributed by atoms with E-state index in [-0.39, 0.29) is 12.5 Å². The Morgan fingerprint density at radius 2 is 2.25 bits per heavy atom. The Balaban J connectivity index is 2.62. The molecule has 4 nitrogen and oxygen atoms in total. The van der Waals surface area contributed by atoms with E-state index in [2.05, 4.69) is 5.32 Å². The second-order valence-corrected chi connectivity index (χ2v) is 3.41. The average Bonchev–Trinajstić information content (AvgIpc) is 2.28. The van der Waals surface area contributed by atoms with Crippen LogP contribution >= 0.6 is 11.6 Å². The molecule has 1 N–H and O–H groups in total. The molecule has 0 aliphatic rings. The quantitative estimate of drug-likeness (QED) is 0.807. The topological polar surface area (TPSA) is 47.6 Å². The Morgan fingerprint density at radius 3 is 2.88 bits per heavy atom. The molecule has 1 aromatic rings. The standard InChI is InChI=1S/C11H14ClNO3/c1-3-16-11(14)7-13-10-6-8(15-2)4-5-9(10)12/h4-6,13H,3,7H2,1-2H3. The Labute approximate surface area is 99.5 Å². The van der Waals surface area contributed by atoms with Crippen molar-refractivity contribution in [3.8, 4) is 5.75 Å². The summed E-state index contributed by atoms with van der Waals surface area (Å²) in [5.41, 5.74) is 0.647. The number of rotatable bonds is 5. The predicted octanol–water partition coefficient (Wildman–Crippen LogP) is 2.32. The van der Waals surface area contributed by atoms with Crippen LogP contribution in [-0.4, -0.2) is 26.2 Å². The summed E-state index contributed by atoms with van der Waals surface area (Å²) in [6.45, 7) is 2.21. The molecule has 0 radical (unpaired) electrons. The van der Waals surface area contributed by atoms with Crippen molar-refractivity contribution in [3.63, 3.8) is 0 Å². The molecule has 1 aromatic carbocycles. The summed E-state index contributed by atoms with van der Waals surface area (Å²) in [4.78, 5) is 11.1. The number of hydrogen-bond acceptors (Lipinski definition) is 4. The smallest absolute Gasteiger partial charge is 0.325 e. The first-order valence-corrected chi connectivity index (χ1v) is 5.28. The van der Waals surface area contributed by atoms with Gasteiger partial charge in [-0.15, -0.1) is 0 Å². The van der Waals surface area contributed by atoms with E-state index in [4.69, 9.17) is 21.1 Å². The number of esters is 1. The van der Waals surface area contributed by atoms with Crippen molar-refractivity contribution in [2.75, 3.05) is 25.6 Å². The molecule has 0 amide bonds. The van der Waals surface area contributed by atoms with Crippen LogP contribution in [0, 0.1) is 0 Å². The molecular formula is C11H14ClNO3. The lowest BCUT2D eigenvalue weighted by Crippen LogP contribution is -2.16. The lowest BCUT2D eigenvalue weighted by molar-refractivity contribution is -0.140. The van der Waals surface area contributed by atoms with E-state index >= 15 is 0 Å². The number of carbonyl (C=O) groups is 1. The lowest BCUT2D eigenvalue weighted by atomic mass is 10.3. The zero-order valence-electron chi connectivity index (χ0n) is 9.25. The minimum absolute atomic E-state index is 0.0841. The van der Waals surface area contributed by atoms with Crippen molar-refractivity contribution >= 4 is 23.3 Å². The SMILES string of the molecule is CCOC(=O)CNc1cc(OC)ccc1Cl. The van der Waals surface area contributed by atoms with Crippen molar-refractivity contribution in [2.45, 2.75) is 6.92 Å². The molecule has 0 unspecified atom stereocenters. The van der Waals surface area contributed by atoms with E-state index in [9.17, 15) is 4.79 Å². The first-order chi connectivity index (χ1) is 7.67. The Kier molecular flexibility index (Phi) is 4.92. The molecule has 0 heterocycles. The number of hydrogen-bond donors (Lipinski definition) is 1. The molecule has 0 saturated carbocycles. The Hall–Kier alpha value is -1.42. The number of ether oxygens (including phenoxy) is 2. The number of nitrogens with one attached hydrogen (secondary N) is 1. The molecule has 16 heavy (non-hydrogen) atoms. The van der Waals surface area contributed by atoms with Crippen LogP contribution < -0.4 is 10.1 Å². The molecule has 0 aliphatic carbocycles. The molecule has 0 bridgehead atoms. The molecule has 88 valence electrons. The summed E-state index contributed by atoms with van der Waals surface area (Å²) in [6.07, 6.45) is 0. The zero-order chi connectivity index (χ0) is 12.0. The van der Waals surface area contributed by atoms with Crippen LogP contribution in [0.15, 0.2) is 18.2 Å². The highest BCUT2D eigenvalue weighted by molar-refractivity contribution is 6.33. The van der Waals surface area contributed by atoms with Gasteiger partial charge >= 0.3 is 5.97 Å². The highest BCUT2D eigenvalue weighted by atomic mass is 35.5. The van der Waals surface area contributed by atoms with Crippen molar-refractivity contribution in [2.24, 2.45) is 0 Å². The van der Waals surface area contributed by atoms with E-state index in [0.717, 1.165) is 0 Å². The lowest BCUT2D eigenvalue weighted by Gasteiger charge is -2.09. The second kappa shape index (κ2) is 6.23. The summed E-state index contributed by atoms with van der Waals surface area (Å²) in [7, 11) is 1.57. The largest absolute Gasteiger partial charge is 0.497 e. The maximum absolute atomic E-state index is 11.1. The predicted molar refractivity (Wildman–Crippen MR) is 63.1 cm³/mol. The van der Waals surface area contributed by atoms with Crippen LogP contribution in [0.1, 0.15) is 6.92 Å². The van der Waals surface area contributed by atoms with E-state index < -0.39 is 0 Å². The number of benzene rings is 1. The third-order valence-corrected chi connectivity index (χ3v) is 2.23. The van der Waals surface area contributed by atoms with Gasteiger partial charge in [0.05, 0.1) is 24.4 Å². The highest BCUT2D eigenvalue weighted by Gasteiger charge is 2.05. The fourth-order valence-electron chi connectivity index (χ4n) is 1.15. The molecule has 5 heteroatoms. The van der Waals surface area contributed by atoms with Crippen LogP contribution in [0.4, 0.5) is 5.69 Å². The summed E-state index contributed by atoms with van der Waals surface area (Å²) < 4.78 is 9.83.